The Bertz CT molecular complexity index is 569. The highest BCUT2D eigenvalue weighted by molar-refractivity contribution is 6.31. The third-order valence-corrected chi connectivity index (χ3v) is 4.52. The molecule has 1 amide bonds. The van der Waals surface area contributed by atoms with Gasteiger partial charge >= 0.3 is 0 Å². The maximum absolute atomic E-state index is 12.3. The summed E-state index contributed by atoms with van der Waals surface area (Å²) in [7, 11) is 0. The predicted octanol–water partition coefficient (Wildman–Crippen LogP) is 2.41. The predicted molar refractivity (Wildman–Crippen MR) is 82.8 cm³/mol. The van der Waals surface area contributed by atoms with Crippen molar-refractivity contribution in [1.29, 1.82) is 0 Å². The van der Waals surface area contributed by atoms with Crippen LogP contribution in [0.2, 0.25) is 5.02 Å². The first kappa shape index (κ1) is 16.7. The molecule has 1 heterocycles. The van der Waals surface area contributed by atoms with E-state index >= 15 is 0 Å². The summed E-state index contributed by atoms with van der Waals surface area (Å²) >= 11 is 6.01. The Kier molecular flexibility index (Phi) is 5.37. The molecule has 0 aromatic heterocycles. The minimum absolute atomic E-state index is 0.0419. The summed E-state index contributed by atoms with van der Waals surface area (Å²) in [5.41, 5.74) is 0.508. The van der Waals surface area contributed by atoms with Crippen molar-refractivity contribution in [3.05, 3.63) is 38.9 Å². The van der Waals surface area contributed by atoms with Gasteiger partial charge in [0.15, 0.2) is 0 Å². The lowest BCUT2D eigenvalue weighted by Gasteiger charge is -2.33. The molecule has 0 bridgehead atoms. The van der Waals surface area contributed by atoms with Crippen molar-refractivity contribution >= 4 is 23.2 Å². The first-order chi connectivity index (χ1) is 10.4. The van der Waals surface area contributed by atoms with Crippen molar-refractivity contribution in [2.24, 2.45) is 5.92 Å². The fourth-order valence-electron chi connectivity index (χ4n) is 2.70. The molecule has 6 nitrogen and oxygen atoms in total. The van der Waals surface area contributed by atoms with Gasteiger partial charge in [0.2, 0.25) is 5.91 Å². The van der Waals surface area contributed by atoms with Crippen molar-refractivity contribution in [3.8, 4) is 0 Å². The van der Waals surface area contributed by atoms with Gasteiger partial charge in [-0.2, -0.15) is 0 Å². The Hall–Kier alpha value is -1.66. The molecule has 0 saturated carbocycles. The van der Waals surface area contributed by atoms with Gasteiger partial charge in [0.05, 0.1) is 22.5 Å². The summed E-state index contributed by atoms with van der Waals surface area (Å²) < 4.78 is 0. The molecule has 1 saturated heterocycles. The normalized spacial score (nSPS) is 17.3. The smallest absolute Gasteiger partial charge is 0.270 e. The monoisotopic (exact) mass is 326 g/mol. The van der Waals surface area contributed by atoms with Gasteiger partial charge in [0, 0.05) is 25.2 Å². The third kappa shape index (κ3) is 3.96. The van der Waals surface area contributed by atoms with E-state index in [1.165, 1.54) is 18.2 Å². The molecular formula is C15H19ClN2O4. The fourth-order valence-corrected chi connectivity index (χ4v) is 2.94. The minimum Gasteiger partial charge on any atom is -0.393 e. The van der Waals surface area contributed by atoms with Crippen molar-refractivity contribution in [2.45, 2.75) is 32.3 Å². The van der Waals surface area contributed by atoms with E-state index in [1.807, 2.05) is 0 Å². The van der Waals surface area contributed by atoms with Crippen LogP contribution in [0.4, 0.5) is 5.69 Å². The number of nitro benzene ring substituents is 1. The minimum atomic E-state index is -0.516. The van der Waals surface area contributed by atoms with Gasteiger partial charge in [-0.15, -0.1) is 0 Å². The van der Waals surface area contributed by atoms with Crippen LogP contribution < -0.4 is 0 Å². The standard InChI is InChI=1S/C15H19ClN2O4/c1-10(19)11-4-6-17(7-5-11)15(20)8-12-2-3-13(18(21)22)9-14(12)16/h2-3,9-11,19H,4-8H2,1H3. The summed E-state index contributed by atoms with van der Waals surface area (Å²) in [5.74, 6) is 0.201. The Morgan fingerprint density at radius 1 is 1.50 bits per heavy atom. The van der Waals surface area contributed by atoms with Crippen molar-refractivity contribution in [3.63, 3.8) is 0 Å². The second-order valence-electron chi connectivity index (χ2n) is 5.67. The Labute approximate surface area is 133 Å². The number of aliphatic hydroxyl groups excluding tert-OH is 1. The molecule has 0 radical (unpaired) electrons. The second-order valence-corrected chi connectivity index (χ2v) is 6.08. The zero-order chi connectivity index (χ0) is 16.3. The highest BCUT2D eigenvalue weighted by Crippen LogP contribution is 2.25. The second kappa shape index (κ2) is 7.07. The van der Waals surface area contributed by atoms with Gasteiger partial charge in [-0.1, -0.05) is 17.7 Å². The quantitative estimate of drug-likeness (QED) is 0.680. The van der Waals surface area contributed by atoms with E-state index in [0.29, 0.717) is 18.7 Å². The van der Waals surface area contributed by atoms with Gasteiger partial charge in [-0.05, 0) is 31.2 Å². The van der Waals surface area contributed by atoms with Crippen LogP contribution in [0.3, 0.4) is 0 Å². The number of amides is 1. The summed E-state index contributed by atoms with van der Waals surface area (Å²) in [6, 6.07) is 4.15. The van der Waals surface area contributed by atoms with Crippen LogP contribution in [0.1, 0.15) is 25.3 Å². The molecule has 7 heteroatoms. The molecule has 120 valence electrons. The molecular weight excluding hydrogens is 308 g/mol. The Morgan fingerprint density at radius 2 is 2.14 bits per heavy atom. The number of benzene rings is 1. The number of carbonyl (C=O) groups is 1. The van der Waals surface area contributed by atoms with E-state index in [9.17, 15) is 20.0 Å². The zero-order valence-corrected chi connectivity index (χ0v) is 13.1. The van der Waals surface area contributed by atoms with Gasteiger partial charge in [-0.3, -0.25) is 14.9 Å². The van der Waals surface area contributed by atoms with Crippen LogP contribution in [-0.2, 0) is 11.2 Å². The Morgan fingerprint density at radius 3 is 2.64 bits per heavy atom. The van der Waals surface area contributed by atoms with Gasteiger partial charge in [-0.25, -0.2) is 0 Å². The van der Waals surface area contributed by atoms with Crippen LogP contribution >= 0.6 is 11.6 Å². The van der Waals surface area contributed by atoms with Gasteiger partial charge in [0.25, 0.3) is 5.69 Å². The van der Waals surface area contributed by atoms with E-state index in [1.54, 1.807) is 11.8 Å². The molecule has 1 aromatic rings. The third-order valence-electron chi connectivity index (χ3n) is 4.16. The topological polar surface area (TPSA) is 83.7 Å². The molecule has 0 spiro atoms. The van der Waals surface area contributed by atoms with Gasteiger partial charge in [0.1, 0.15) is 0 Å². The number of hydrogen-bond acceptors (Lipinski definition) is 4. The number of carbonyl (C=O) groups excluding carboxylic acids is 1. The molecule has 2 rings (SSSR count). The number of likely N-dealkylation sites (tertiary alicyclic amines) is 1. The first-order valence-corrected chi connectivity index (χ1v) is 7.65. The molecule has 1 fully saturated rings. The number of aliphatic hydroxyl groups is 1. The molecule has 1 unspecified atom stereocenters. The molecule has 1 aromatic carbocycles. The maximum atomic E-state index is 12.3. The lowest BCUT2D eigenvalue weighted by molar-refractivity contribution is -0.384. The number of hydrogen-bond donors (Lipinski definition) is 1. The lowest BCUT2D eigenvalue weighted by Crippen LogP contribution is -2.41. The van der Waals surface area contributed by atoms with Crippen LogP contribution in [0.5, 0.6) is 0 Å². The van der Waals surface area contributed by atoms with E-state index in [4.69, 9.17) is 11.6 Å². The average Bonchev–Trinajstić information content (AvgIpc) is 2.49. The largest absolute Gasteiger partial charge is 0.393 e. The molecule has 1 aliphatic rings. The first-order valence-electron chi connectivity index (χ1n) is 7.27. The van der Waals surface area contributed by atoms with E-state index < -0.39 is 4.92 Å². The molecule has 0 aliphatic carbocycles. The summed E-state index contributed by atoms with van der Waals surface area (Å²) in [5, 5.41) is 20.5. The van der Waals surface area contributed by atoms with Gasteiger partial charge < -0.3 is 10.0 Å². The highest BCUT2D eigenvalue weighted by Gasteiger charge is 2.25. The SMILES string of the molecule is CC(O)C1CCN(C(=O)Cc2ccc([N+](=O)[O-])cc2Cl)CC1. The Balaban J connectivity index is 1.97. The molecule has 1 N–H and O–H groups in total. The lowest BCUT2D eigenvalue weighted by atomic mass is 9.92. The molecule has 1 aliphatic heterocycles. The number of halogens is 1. The van der Waals surface area contributed by atoms with E-state index in [0.717, 1.165) is 12.8 Å². The van der Waals surface area contributed by atoms with Crippen molar-refractivity contribution in [2.75, 3.05) is 13.1 Å². The fraction of sp³-hybridized carbons (Fsp3) is 0.533. The van der Waals surface area contributed by atoms with Crippen LogP contribution in [0.25, 0.3) is 0 Å². The van der Waals surface area contributed by atoms with E-state index in [2.05, 4.69) is 0 Å². The summed E-state index contributed by atoms with van der Waals surface area (Å²) in [4.78, 5) is 24.2. The summed E-state index contributed by atoms with van der Waals surface area (Å²) in [6.45, 7) is 3.02. The average molecular weight is 327 g/mol. The maximum Gasteiger partial charge on any atom is 0.270 e. The number of rotatable bonds is 4. The van der Waals surface area contributed by atoms with Crippen molar-refractivity contribution in [1.82, 2.24) is 4.90 Å². The van der Waals surface area contributed by atoms with Crippen LogP contribution in [0, 0.1) is 16.0 Å². The number of nitrogens with zero attached hydrogens (tertiary/aromatic N) is 2. The molecule has 22 heavy (non-hydrogen) atoms. The highest BCUT2D eigenvalue weighted by atomic mass is 35.5. The van der Waals surface area contributed by atoms with E-state index in [-0.39, 0.29) is 35.1 Å². The van der Waals surface area contributed by atoms with Crippen LogP contribution in [-0.4, -0.2) is 40.0 Å². The summed E-state index contributed by atoms with van der Waals surface area (Å²) in [6.07, 6.45) is 1.37. The number of nitro groups is 1. The van der Waals surface area contributed by atoms with Crippen molar-refractivity contribution < 1.29 is 14.8 Å². The zero-order valence-electron chi connectivity index (χ0n) is 12.4. The van der Waals surface area contributed by atoms with Crippen LogP contribution in [0.15, 0.2) is 18.2 Å². The molecule has 1 atom stereocenters. The number of non-ortho nitro benzene ring substituents is 1. The number of piperidine rings is 1.